The van der Waals surface area contributed by atoms with Crippen LogP contribution in [0.25, 0.3) is 0 Å². The summed E-state index contributed by atoms with van der Waals surface area (Å²) in [6.07, 6.45) is 0. The standard InChI is InChI=1S/C29H33BrClN3O5S/c1-20(2)17-32-29(36)21(3)33(18-22-10-12-23(30)13-11-22)28(35)19-34(24-14-15-27(39-4)26(31)16-24)40(37,38)25-8-6-5-7-9-25/h5-16,20-21H,17-19H2,1-4H3,(H,32,36). The molecule has 40 heavy (non-hydrogen) atoms. The molecular formula is C29H33BrClN3O5S. The third-order valence-electron chi connectivity index (χ3n) is 6.15. The second-order valence-electron chi connectivity index (χ2n) is 9.61. The molecule has 0 heterocycles. The average molecular weight is 651 g/mol. The third kappa shape index (κ3) is 7.99. The molecule has 11 heteroatoms. The summed E-state index contributed by atoms with van der Waals surface area (Å²) in [4.78, 5) is 28.4. The topological polar surface area (TPSA) is 96.0 Å². The van der Waals surface area contributed by atoms with Gasteiger partial charge in [0, 0.05) is 17.6 Å². The molecule has 0 aliphatic carbocycles. The molecular weight excluding hydrogens is 618 g/mol. The number of carbonyl (C=O) groups excluding carboxylic acids is 2. The first-order valence-corrected chi connectivity index (χ1v) is 15.3. The summed E-state index contributed by atoms with van der Waals surface area (Å²) in [6, 6.07) is 18.8. The van der Waals surface area contributed by atoms with Crippen LogP contribution in [0, 0.1) is 5.92 Å². The zero-order valence-electron chi connectivity index (χ0n) is 22.8. The van der Waals surface area contributed by atoms with E-state index in [-0.39, 0.29) is 34.0 Å². The predicted octanol–water partition coefficient (Wildman–Crippen LogP) is 5.50. The van der Waals surface area contributed by atoms with E-state index in [9.17, 15) is 18.0 Å². The minimum absolute atomic E-state index is 0.0110. The molecule has 0 saturated carbocycles. The molecule has 214 valence electrons. The van der Waals surface area contributed by atoms with Crippen molar-refractivity contribution >= 4 is 55.1 Å². The minimum Gasteiger partial charge on any atom is -0.495 e. The highest BCUT2D eigenvalue weighted by Gasteiger charge is 2.32. The molecule has 3 aromatic carbocycles. The fourth-order valence-corrected chi connectivity index (χ4v) is 5.82. The molecule has 3 rings (SSSR count). The van der Waals surface area contributed by atoms with Gasteiger partial charge in [0.25, 0.3) is 10.0 Å². The molecule has 0 aliphatic rings. The summed E-state index contributed by atoms with van der Waals surface area (Å²) < 4.78 is 34.8. The summed E-state index contributed by atoms with van der Waals surface area (Å²) in [5, 5.41) is 3.06. The van der Waals surface area contributed by atoms with Crippen molar-refractivity contribution in [2.75, 3.05) is 24.5 Å². The van der Waals surface area contributed by atoms with Crippen molar-refractivity contribution in [3.63, 3.8) is 0 Å². The lowest BCUT2D eigenvalue weighted by Crippen LogP contribution is -2.51. The fourth-order valence-electron chi connectivity index (χ4n) is 3.88. The molecule has 0 spiro atoms. The molecule has 1 N–H and O–H groups in total. The molecule has 1 unspecified atom stereocenters. The van der Waals surface area contributed by atoms with Crippen molar-refractivity contribution in [1.82, 2.24) is 10.2 Å². The predicted molar refractivity (Wildman–Crippen MR) is 161 cm³/mol. The van der Waals surface area contributed by atoms with Gasteiger partial charge in [-0.25, -0.2) is 8.42 Å². The Bertz CT molecular complexity index is 1420. The van der Waals surface area contributed by atoms with Crippen molar-refractivity contribution in [1.29, 1.82) is 0 Å². The number of methoxy groups -OCH3 is 1. The van der Waals surface area contributed by atoms with Crippen LogP contribution in [0.15, 0.2) is 82.2 Å². The summed E-state index contributed by atoms with van der Waals surface area (Å²) in [6.45, 7) is 5.57. The molecule has 1 atom stereocenters. The van der Waals surface area contributed by atoms with Crippen LogP contribution < -0.4 is 14.4 Å². The van der Waals surface area contributed by atoms with Crippen molar-refractivity contribution in [3.05, 3.63) is 87.9 Å². The van der Waals surface area contributed by atoms with Crippen LogP contribution in [-0.4, -0.2) is 51.4 Å². The highest BCUT2D eigenvalue weighted by atomic mass is 79.9. The summed E-state index contributed by atoms with van der Waals surface area (Å²) >= 11 is 9.75. The Kier molecular flexibility index (Phi) is 11.0. The lowest BCUT2D eigenvalue weighted by atomic mass is 10.1. The largest absolute Gasteiger partial charge is 0.495 e. The number of amides is 2. The van der Waals surface area contributed by atoms with Crippen molar-refractivity contribution in [2.24, 2.45) is 5.92 Å². The monoisotopic (exact) mass is 649 g/mol. The van der Waals surface area contributed by atoms with Crippen LogP contribution in [0.3, 0.4) is 0 Å². The van der Waals surface area contributed by atoms with Gasteiger partial charge in [-0.2, -0.15) is 0 Å². The first-order chi connectivity index (χ1) is 18.9. The van der Waals surface area contributed by atoms with E-state index in [2.05, 4.69) is 21.2 Å². The zero-order valence-corrected chi connectivity index (χ0v) is 26.0. The Balaban J connectivity index is 2.03. The molecule has 0 aromatic heterocycles. The Morgan fingerprint density at radius 1 is 1.00 bits per heavy atom. The van der Waals surface area contributed by atoms with Gasteiger partial charge in [0.1, 0.15) is 18.3 Å². The number of carbonyl (C=O) groups is 2. The number of ether oxygens (including phenoxy) is 1. The SMILES string of the molecule is COc1ccc(N(CC(=O)N(Cc2ccc(Br)cc2)C(C)C(=O)NCC(C)C)S(=O)(=O)c2ccccc2)cc1Cl. The van der Waals surface area contributed by atoms with Gasteiger partial charge in [-0.15, -0.1) is 0 Å². The first-order valence-electron chi connectivity index (χ1n) is 12.7. The van der Waals surface area contributed by atoms with Crippen LogP contribution in [0.1, 0.15) is 26.3 Å². The van der Waals surface area contributed by atoms with Gasteiger partial charge in [0.2, 0.25) is 11.8 Å². The molecule has 0 aliphatic heterocycles. The maximum Gasteiger partial charge on any atom is 0.264 e. The van der Waals surface area contributed by atoms with E-state index >= 15 is 0 Å². The molecule has 0 radical (unpaired) electrons. The maximum absolute atomic E-state index is 13.9. The van der Waals surface area contributed by atoms with Crippen LogP contribution >= 0.6 is 27.5 Å². The quantitative estimate of drug-likeness (QED) is 0.280. The molecule has 0 fully saturated rings. The van der Waals surface area contributed by atoms with Crippen LogP contribution in [0.4, 0.5) is 5.69 Å². The molecule has 3 aromatic rings. The van der Waals surface area contributed by atoms with E-state index in [4.69, 9.17) is 16.3 Å². The summed E-state index contributed by atoms with van der Waals surface area (Å²) in [7, 11) is -2.73. The van der Waals surface area contributed by atoms with Crippen LogP contribution in [0.2, 0.25) is 5.02 Å². The Morgan fingerprint density at radius 3 is 2.23 bits per heavy atom. The van der Waals surface area contributed by atoms with E-state index < -0.39 is 28.5 Å². The van der Waals surface area contributed by atoms with Gasteiger partial charge in [-0.1, -0.05) is 71.7 Å². The van der Waals surface area contributed by atoms with Gasteiger partial charge in [0.15, 0.2) is 0 Å². The second-order valence-corrected chi connectivity index (χ2v) is 12.8. The van der Waals surface area contributed by atoms with E-state index in [0.717, 1.165) is 14.3 Å². The number of hydrogen-bond donors (Lipinski definition) is 1. The average Bonchev–Trinajstić information content (AvgIpc) is 2.94. The van der Waals surface area contributed by atoms with Gasteiger partial charge >= 0.3 is 0 Å². The first kappa shape index (κ1) is 31.4. The lowest BCUT2D eigenvalue weighted by Gasteiger charge is -2.32. The number of nitrogens with zero attached hydrogens (tertiary/aromatic N) is 2. The summed E-state index contributed by atoms with van der Waals surface area (Å²) in [5.41, 5.74) is 0.966. The molecule has 8 nitrogen and oxygen atoms in total. The third-order valence-corrected chi connectivity index (χ3v) is 8.76. The van der Waals surface area contributed by atoms with Crippen molar-refractivity contribution in [3.8, 4) is 5.75 Å². The molecule has 2 amide bonds. The van der Waals surface area contributed by atoms with Gasteiger partial charge in [-0.3, -0.25) is 13.9 Å². The number of hydrogen-bond acceptors (Lipinski definition) is 5. The molecule has 0 saturated heterocycles. The molecule has 0 bridgehead atoms. The smallest absolute Gasteiger partial charge is 0.264 e. The van der Waals surface area contributed by atoms with E-state index in [1.165, 1.54) is 42.3 Å². The fraction of sp³-hybridized carbons (Fsp3) is 0.310. The highest BCUT2D eigenvalue weighted by molar-refractivity contribution is 9.10. The normalized spacial score (nSPS) is 12.1. The van der Waals surface area contributed by atoms with Gasteiger partial charge < -0.3 is 15.0 Å². The summed E-state index contributed by atoms with van der Waals surface area (Å²) in [5.74, 6) is -0.301. The lowest BCUT2D eigenvalue weighted by molar-refractivity contribution is -0.139. The van der Waals surface area contributed by atoms with Crippen molar-refractivity contribution < 1.29 is 22.7 Å². The number of sulfonamides is 1. The van der Waals surface area contributed by atoms with Gasteiger partial charge in [-0.05, 0) is 60.9 Å². The van der Waals surface area contributed by atoms with Gasteiger partial charge in [0.05, 0.1) is 22.7 Å². The van der Waals surface area contributed by atoms with Crippen molar-refractivity contribution in [2.45, 2.75) is 38.3 Å². The Hall–Kier alpha value is -3.08. The van der Waals surface area contributed by atoms with Crippen LogP contribution in [0.5, 0.6) is 5.75 Å². The zero-order chi connectivity index (χ0) is 29.4. The maximum atomic E-state index is 13.9. The highest BCUT2D eigenvalue weighted by Crippen LogP contribution is 2.32. The van der Waals surface area contributed by atoms with Crippen LogP contribution in [-0.2, 0) is 26.2 Å². The number of anilines is 1. The Labute approximate surface area is 249 Å². The van der Waals surface area contributed by atoms with E-state index in [1.54, 1.807) is 25.1 Å². The number of rotatable bonds is 12. The number of nitrogens with one attached hydrogen (secondary N) is 1. The number of benzene rings is 3. The second kappa shape index (κ2) is 14.0. The van der Waals surface area contributed by atoms with E-state index in [1.807, 2.05) is 38.1 Å². The number of halogens is 2. The minimum atomic E-state index is -4.19. The van der Waals surface area contributed by atoms with E-state index in [0.29, 0.717) is 12.3 Å². The Morgan fingerprint density at radius 2 is 1.65 bits per heavy atom.